The third-order valence-corrected chi connectivity index (χ3v) is 12.3. The molecule has 0 aromatic heterocycles. The Balaban J connectivity index is 2.22. The van der Waals surface area contributed by atoms with Crippen LogP contribution in [0.25, 0.3) is 6.08 Å². The third kappa shape index (κ3) is 5.34. The molecule has 2 aliphatic rings. The SMILES string of the molecule is CCN(CC)P(=S)(C1=C(N2CCOCC2)/C(=C\c2ccccc2)CCC1)N(CC)CC. The normalized spacial score (nSPS) is 19.7. The second-order valence-corrected chi connectivity index (χ2v) is 12.4. The Bertz CT molecular complexity index is 793. The van der Waals surface area contributed by atoms with Crippen LogP contribution >= 0.6 is 6.34 Å². The van der Waals surface area contributed by atoms with Gasteiger partial charge in [0.05, 0.1) is 13.2 Å². The zero-order valence-corrected chi connectivity index (χ0v) is 21.6. The number of morpholine rings is 1. The molecule has 0 radical (unpaired) electrons. The summed E-state index contributed by atoms with van der Waals surface area (Å²) in [4.78, 5) is 2.58. The van der Waals surface area contributed by atoms with Gasteiger partial charge in [0.1, 0.15) is 6.34 Å². The van der Waals surface area contributed by atoms with Crippen LogP contribution in [0.15, 0.2) is 46.9 Å². The molecule has 0 spiro atoms. The fraction of sp³-hybridized carbons (Fsp3) is 0.600. The maximum absolute atomic E-state index is 6.75. The number of allylic oxidation sites excluding steroid dienone is 2. The molecular weight excluding hydrogens is 421 g/mol. The van der Waals surface area contributed by atoms with Gasteiger partial charge >= 0.3 is 0 Å². The second-order valence-electron chi connectivity index (χ2n) is 8.15. The molecule has 172 valence electrons. The minimum Gasteiger partial charge on any atom is -0.378 e. The van der Waals surface area contributed by atoms with Gasteiger partial charge in [0.2, 0.25) is 0 Å². The summed E-state index contributed by atoms with van der Waals surface area (Å²) in [6.45, 7) is 16.6. The molecule has 0 atom stereocenters. The molecule has 3 rings (SSSR count). The van der Waals surface area contributed by atoms with Gasteiger partial charge in [-0.2, -0.15) is 0 Å². The van der Waals surface area contributed by atoms with Crippen molar-refractivity contribution in [3.8, 4) is 0 Å². The number of benzene rings is 1. The summed E-state index contributed by atoms with van der Waals surface area (Å²) in [5, 5.41) is 1.53. The predicted molar refractivity (Wildman–Crippen MR) is 138 cm³/mol. The van der Waals surface area contributed by atoms with Crippen molar-refractivity contribution in [2.45, 2.75) is 47.0 Å². The molecule has 1 aromatic carbocycles. The largest absolute Gasteiger partial charge is 0.378 e. The molecule has 31 heavy (non-hydrogen) atoms. The molecule has 6 heteroatoms. The zero-order valence-electron chi connectivity index (χ0n) is 19.8. The predicted octanol–water partition coefficient (Wildman–Crippen LogP) is 5.79. The number of ether oxygens (including phenoxy) is 1. The molecule has 1 aliphatic carbocycles. The van der Waals surface area contributed by atoms with Crippen LogP contribution in [-0.2, 0) is 16.5 Å². The minimum atomic E-state index is -2.02. The highest BCUT2D eigenvalue weighted by Crippen LogP contribution is 2.64. The van der Waals surface area contributed by atoms with E-state index in [4.69, 9.17) is 16.5 Å². The summed E-state index contributed by atoms with van der Waals surface area (Å²) in [5.74, 6) is 0. The summed E-state index contributed by atoms with van der Waals surface area (Å²) in [6, 6.07) is 10.8. The maximum atomic E-state index is 6.75. The Hall–Kier alpha value is -0.970. The van der Waals surface area contributed by atoms with Gasteiger partial charge < -0.3 is 9.64 Å². The molecule has 1 heterocycles. The molecule has 0 bridgehead atoms. The second kappa shape index (κ2) is 11.8. The van der Waals surface area contributed by atoms with Crippen LogP contribution in [0.2, 0.25) is 0 Å². The van der Waals surface area contributed by atoms with Crippen LogP contribution in [-0.4, -0.2) is 66.7 Å². The highest BCUT2D eigenvalue weighted by Gasteiger charge is 2.38. The van der Waals surface area contributed by atoms with Crippen LogP contribution in [0.1, 0.15) is 52.5 Å². The number of hydrogen-bond acceptors (Lipinski definition) is 3. The van der Waals surface area contributed by atoms with Crippen molar-refractivity contribution in [3.05, 3.63) is 52.5 Å². The van der Waals surface area contributed by atoms with E-state index in [1.54, 1.807) is 0 Å². The highest BCUT2D eigenvalue weighted by molar-refractivity contribution is 8.14. The summed E-state index contributed by atoms with van der Waals surface area (Å²) >= 11 is 6.75. The summed E-state index contributed by atoms with van der Waals surface area (Å²) in [7, 11) is 0. The monoisotopic (exact) mass is 461 g/mol. The fourth-order valence-electron chi connectivity index (χ4n) is 4.95. The van der Waals surface area contributed by atoms with Crippen molar-refractivity contribution in [1.82, 2.24) is 14.2 Å². The van der Waals surface area contributed by atoms with Crippen molar-refractivity contribution in [3.63, 3.8) is 0 Å². The van der Waals surface area contributed by atoms with Crippen LogP contribution in [0, 0.1) is 0 Å². The van der Waals surface area contributed by atoms with Gasteiger partial charge in [-0.05, 0) is 36.5 Å². The van der Waals surface area contributed by atoms with Gasteiger partial charge in [0.25, 0.3) is 0 Å². The molecule has 1 fully saturated rings. The first-order valence-electron chi connectivity index (χ1n) is 12.0. The van der Waals surface area contributed by atoms with Crippen LogP contribution in [0.5, 0.6) is 0 Å². The summed E-state index contributed by atoms with van der Waals surface area (Å²) in [5.41, 5.74) is 4.19. The van der Waals surface area contributed by atoms with Gasteiger partial charge in [0, 0.05) is 50.3 Å². The number of rotatable bonds is 9. The Kier molecular flexibility index (Phi) is 9.36. The topological polar surface area (TPSA) is 19.0 Å². The lowest BCUT2D eigenvalue weighted by molar-refractivity contribution is 0.0539. The molecule has 0 saturated carbocycles. The first kappa shape index (κ1) is 24.7. The van der Waals surface area contributed by atoms with Crippen molar-refractivity contribution < 1.29 is 4.74 Å². The lowest BCUT2D eigenvalue weighted by Gasteiger charge is -2.47. The Morgan fingerprint density at radius 1 is 0.935 bits per heavy atom. The first-order chi connectivity index (χ1) is 15.1. The smallest absolute Gasteiger partial charge is 0.105 e. The van der Waals surface area contributed by atoms with E-state index in [-0.39, 0.29) is 0 Å². The van der Waals surface area contributed by atoms with Gasteiger partial charge in [-0.1, -0.05) is 69.8 Å². The Labute approximate surface area is 195 Å². The zero-order chi connectivity index (χ0) is 22.3. The number of hydrogen-bond donors (Lipinski definition) is 0. The Morgan fingerprint density at radius 3 is 2.06 bits per heavy atom. The van der Waals surface area contributed by atoms with Gasteiger partial charge in [-0.15, -0.1) is 0 Å². The molecule has 1 aromatic rings. The molecule has 0 N–H and O–H groups in total. The van der Waals surface area contributed by atoms with Crippen molar-refractivity contribution in [2.24, 2.45) is 0 Å². The van der Waals surface area contributed by atoms with Gasteiger partial charge in [-0.25, -0.2) is 0 Å². The molecular formula is C25H40N3OPS. The Morgan fingerprint density at radius 2 is 1.52 bits per heavy atom. The van der Waals surface area contributed by atoms with Crippen LogP contribution in [0.4, 0.5) is 0 Å². The maximum Gasteiger partial charge on any atom is 0.105 e. The van der Waals surface area contributed by atoms with Gasteiger partial charge in [-0.3, -0.25) is 9.34 Å². The minimum absolute atomic E-state index is 0.800. The van der Waals surface area contributed by atoms with E-state index in [2.05, 4.69) is 78.3 Å². The fourth-order valence-corrected chi connectivity index (χ4v) is 10.5. The van der Waals surface area contributed by atoms with E-state index in [9.17, 15) is 0 Å². The van der Waals surface area contributed by atoms with E-state index in [1.807, 2.05) is 0 Å². The van der Waals surface area contributed by atoms with Gasteiger partial charge in [0.15, 0.2) is 0 Å². The number of nitrogens with zero attached hydrogens (tertiary/aromatic N) is 3. The lowest BCUT2D eigenvalue weighted by Crippen LogP contribution is -2.39. The molecule has 1 saturated heterocycles. The van der Waals surface area contributed by atoms with Crippen molar-refractivity contribution in [2.75, 3.05) is 52.5 Å². The summed E-state index contributed by atoms with van der Waals surface area (Å²) in [6.07, 6.45) is 3.81. The van der Waals surface area contributed by atoms with E-state index in [0.717, 1.165) is 65.3 Å². The molecule has 0 unspecified atom stereocenters. The van der Waals surface area contributed by atoms with Crippen molar-refractivity contribution in [1.29, 1.82) is 0 Å². The standard InChI is InChI=1S/C25H40N3OPS/c1-5-27(6-2)30(31,28(7-3)8-4)24-16-12-15-23(21-22-13-10-9-11-14-22)25(24)26-17-19-29-20-18-26/h9-11,13-14,21H,5-8,12,15-20H2,1-4H3/b23-21-. The third-order valence-electron chi connectivity index (χ3n) is 6.48. The molecule has 1 aliphatic heterocycles. The van der Waals surface area contributed by atoms with Crippen LogP contribution < -0.4 is 0 Å². The average Bonchev–Trinajstić information content (AvgIpc) is 2.81. The van der Waals surface area contributed by atoms with E-state index in [1.165, 1.54) is 28.6 Å². The van der Waals surface area contributed by atoms with E-state index < -0.39 is 6.34 Å². The average molecular weight is 462 g/mol. The van der Waals surface area contributed by atoms with Crippen molar-refractivity contribution >= 4 is 24.2 Å². The summed E-state index contributed by atoms with van der Waals surface area (Å²) < 4.78 is 10.9. The quantitative estimate of drug-likeness (QED) is 0.432. The molecule has 0 amide bonds. The molecule has 4 nitrogen and oxygen atoms in total. The van der Waals surface area contributed by atoms with Crippen LogP contribution in [0.3, 0.4) is 0 Å². The van der Waals surface area contributed by atoms with E-state index in [0.29, 0.717) is 0 Å². The van der Waals surface area contributed by atoms with E-state index >= 15 is 0 Å². The first-order valence-corrected chi connectivity index (χ1v) is 14.7. The lowest BCUT2D eigenvalue weighted by atomic mass is 9.94. The highest BCUT2D eigenvalue weighted by atomic mass is 32.4.